The third-order valence-electron chi connectivity index (χ3n) is 4.76. The van der Waals surface area contributed by atoms with Crippen molar-refractivity contribution in [3.63, 3.8) is 0 Å². The molecule has 7 nitrogen and oxygen atoms in total. The first-order chi connectivity index (χ1) is 15.8. The van der Waals surface area contributed by atoms with Gasteiger partial charge in [0.25, 0.3) is 21.8 Å². The smallest absolute Gasteiger partial charge is 0.261 e. The minimum atomic E-state index is -3.79. The van der Waals surface area contributed by atoms with Crippen LogP contribution in [0.2, 0.25) is 5.02 Å². The quantitative estimate of drug-likeness (QED) is 0.374. The maximum Gasteiger partial charge on any atom is 0.261 e. The van der Waals surface area contributed by atoms with Gasteiger partial charge < -0.3 is 10.6 Å². The maximum atomic E-state index is 12.8. The highest BCUT2D eigenvalue weighted by molar-refractivity contribution is 7.92. The number of carbonyl (C=O) groups excluding carboxylic acids is 2. The largest absolute Gasteiger partial charge is 0.352 e. The molecule has 9 heteroatoms. The molecule has 0 saturated heterocycles. The van der Waals surface area contributed by atoms with Gasteiger partial charge in [0, 0.05) is 6.54 Å². The van der Waals surface area contributed by atoms with Crippen LogP contribution in [0, 0.1) is 0 Å². The molecule has 0 aliphatic carbocycles. The van der Waals surface area contributed by atoms with Crippen LogP contribution < -0.4 is 15.4 Å². The first kappa shape index (κ1) is 24.3. The molecule has 0 aliphatic heterocycles. The van der Waals surface area contributed by atoms with Crippen LogP contribution >= 0.6 is 11.6 Å². The summed E-state index contributed by atoms with van der Waals surface area (Å²) in [5, 5.41) is 5.60. The van der Waals surface area contributed by atoms with Gasteiger partial charge in [-0.25, -0.2) is 8.42 Å². The van der Waals surface area contributed by atoms with Gasteiger partial charge in [-0.15, -0.1) is 0 Å². The fourth-order valence-electron chi connectivity index (χ4n) is 3.03. The summed E-state index contributed by atoms with van der Waals surface area (Å²) in [6.45, 7) is 2.58. The molecule has 0 aliphatic rings. The van der Waals surface area contributed by atoms with E-state index in [1.54, 1.807) is 42.5 Å². The average Bonchev–Trinajstić information content (AvgIpc) is 2.80. The van der Waals surface area contributed by atoms with E-state index in [0.717, 1.165) is 12.8 Å². The van der Waals surface area contributed by atoms with E-state index in [1.807, 2.05) is 6.92 Å². The molecule has 0 bridgehead atoms. The molecule has 3 aromatic rings. The van der Waals surface area contributed by atoms with Crippen LogP contribution in [0.1, 0.15) is 40.5 Å². The second-order valence-corrected chi connectivity index (χ2v) is 9.31. The summed E-state index contributed by atoms with van der Waals surface area (Å²) in [4.78, 5) is 25.4. The number of benzene rings is 3. The van der Waals surface area contributed by atoms with E-state index in [9.17, 15) is 18.0 Å². The number of sulfonamides is 1. The van der Waals surface area contributed by atoms with Crippen LogP contribution in [-0.4, -0.2) is 26.8 Å². The highest BCUT2D eigenvalue weighted by Gasteiger charge is 2.18. The van der Waals surface area contributed by atoms with Crippen LogP contribution in [0.5, 0.6) is 0 Å². The van der Waals surface area contributed by atoms with Gasteiger partial charge in [0.15, 0.2) is 0 Å². The monoisotopic (exact) mass is 485 g/mol. The number of nitrogens with one attached hydrogen (secondary N) is 3. The summed E-state index contributed by atoms with van der Waals surface area (Å²) < 4.78 is 27.4. The van der Waals surface area contributed by atoms with Crippen molar-refractivity contribution in [3.05, 3.63) is 88.9 Å². The summed E-state index contributed by atoms with van der Waals surface area (Å²) in [5.41, 5.74) is 1.04. The third-order valence-corrected chi connectivity index (χ3v) is 6.47. The topological polar surface area (TPSA) is 104 Å². The van der Waals surface area contributed by atoms with Crippen molar-refractivity contribution in [2.75, 3.05) is 16.6 Å². The zero-order valence-corrected chi connectivity index (χ0v) is 19.5. The molecule has 0 fully saturated rings. The SMILES string of the molecule is CCCCNC(=O)c1ccccc1NC(=O)c1ccc(NS(=O)(=O)c2ccccc2)cc1Cl. The van der Waals surface area contributed by atoms with Gasteiger partial charge in [-0.1, -0.05) is 55.3 Å². The maximum absolute atomic E-state index is 12.8. The second kappa shape index (κ2) is 11.0. The van der Waals surface area contributed by atoms with E-state index in [2.05, 4.69) is 15.4 Å². The Hall–Kier alpha value is -3.36. The van der Waals surface area contributed by atoms with Gasteiger partial charge in [-0.05, 0) is 48.9 Å². The lowest BCUT2D eigenvalue weighted by atomic mass is 10.1. The van der Waals surface area contributed by atoms with Gasteiger partial charge in [-0.2, -0.15) is 0 Å². The van der Waals surface area contributed by atoms with Gasteiger partial charge in [0.1, 0.15) is 0 Å². The number of para-hydroxylation sites is 1. The third kappa shape index (κ3) is 6.34. The lowest BCUT2D eigenvalue weighted by Crippen LogP contribution is -2.26. The summed E-state index contributed by atoms with van der Waals surface area (Å²) >= 11 is 6.28. The molecule has 3 aromatic carbocycles. The van der Waals surface area contributed by atoms with Crippen molar-refractivity contribution >= 4 is 44.8 Å². The lowest BCUT2D eigenvalue weighted by Gasteiger charge is -2.13. The fourth-order valence-corrected chi connectivity index (χ4v) is 4.37. The van der Waals surface area contributed by atoms with Crippen LogP contribution in [-0.2, 0) is 10.0 Å². The molecule has 0 atom stereocenters. The van der Waals surface area contributed by atoms with E-state index in [1.165, 1.54) is 30.3 Å². The summed E-state index contributed by atoms with van der Waals surface area (Å²) in [5.74, 6) is -0.803. The molecule has 0 aromatic heterocycles. The van der Waals surface area contributed by atoms with Crippen LogP contribution in [0.25, 0.3) is 0 Å². The van der Waals surface area contributed by atoms with Crippen LogP contribution in [0.4, 0.5) is 11.4 Å². The molecular formula is C24H24ClN3O4S. The molecule has 3 N–H and O–H groups in total. The number of anilines is 2. The normalized spacial score (nSPS) is 11.0. The van der Waals surface area contributed by atoms with Crippen molar-refractivity contribution in [1.82, 2.24) is 5.32 Å². The number of unbranched alkanes of at least 4 members (excludes halogenated alkanes) is 1. The summed E-state index contributed by atoms with van der Waals surface area (Å²) in [6.07, 6.45) is 1.81. The van der Waals surface area contributed by atoms with Gasteiger partial charge >= 0.3 is 0 Å². The van der Waals surface area contributed by atoms with Gasteiger partial charge in [0.2, 0.25) is 0 Å². The van der Waals surface area contributed by atoms with Crippen LogP contribution in [0.15, 0.2) is 77.7 Å². The van der Waals surface area contributed by atoms with E-state index >= 15 is 0 Å². The van der Waals surface area contributed by atoms with Crippen LogP contribution in [0.3, 0.4) is 0 Å². The predicted octanol–water partition coefficient (Wildman–Crippen LogP) is 4.92. The first-order valence-corrected chi connectivity index (χ1v) is 12.2. The average molecular weight is 486 g/mol. The Morgan fingerprint density at radius 1 is 0.879 bits per heavy atom. The molecule has 172 valence electrons. The van der Waals surface area contributed by atoms with E-state index in [0.29, 0.717) is 17.8 Å². The zero-order chi connectivity index (χ0) is 23.8. The van der Waals surface area contributed by atoms with Gasteiger partial charge in [0.05, 0.1) is 32.4 Å². The van der Waals surface area contributed by atoms with Crippen molar-refractivity contribution in [2.24, 2.45) is 0 Å². The number of hydrogen-bond donors (Lipinski definition) is 3. The molecular weight excluding hydrogens is 462 g/mol. The molecule has 3 rings (SSSR count). The molecule has 0 heterocycles. The Bertz CT molecular complexity index is 1250. The number of halogens is 1. The molecule has 33 heavy (non-hydrogen) atoms. The Morgan fingerprint density at radius 3 is 2.27 bits per heavy atom. The van der Waals surface area contributed by atoms with Crippen molar-refractivity contribution in [3.8, 4) is 0 Å². The summed E-state index contributed by atoms with van der Waals surface area (Å²) in [7, 11) is -3.79. The Kier molecular flexibility index (Phi) is 8.08. The van der Waals surface area contributed by atoms with Crippen molar-refractivity contribution in [2.45, 2.75) is 24.7 Å². The Morgan fingerprint density at radius 2 is 1.58 bits per heavy atom. The van der Waals surface area contributed by atoms with E-state index in [-0.39, 0.29) is 27.1 Å². The predicted molar refractivity (Wildman–Crippen MR) is 130 cm³/mol. The molecule has 2 amide bonds. The Labute approximate surface area is 198 Å². The van der Waals surface area contributed by atoms with Crippen molar-refractivity contribution in [1.29, 1.82) is 0 Å². The molecule has 0 unspecified atom stereocenters. The highest BCUT2D eigenvalue weighted by Crippen LogP contribution is 2.25. The molecule has 0 radical (unpaired) electrons. The van der Waals surface area contributed by atoms with E-state index < -0.39 is 15.9 Å². The molecule has 0 saturated carbocycles. The standard InChI is InChI=1S/C24H24ClN3O4S/c1-2-3-15-26-23(29)20-11-7-8-12-22(20)27-24(30)19-14-13-17(16-21(19)25)28-33(31,32)18-9-5-4-6-10-18/h4-14,16,28H,2-3,15H2,1H3,(H,26,29)(H,27,30). The lowest BCUT2D eigenvalue weighted by molar-refractivity contribution is 0.0954. The zero-order valence-electron chi connectivity index (χ0n) is 18.0. The molecule has 0 spiro atoms. The van der Waals surface area contributed by atoms with Crippen molar-refractivity contribution < 1.29 is 18.0 Å². The van der Waals surface area contributed by atoms with E-state index in [4.69, 9.17) is 11.6 Å². The Balaban J connectivity index is 1.75. The fraction of sp³-hybridized carbons (Fsp3) is 0.167. The summed E-state index contributed by atoms with van der Waals surface area (Å²) in [6, 6.07) is 18.8. The number of amides is 2. The minimum absolute atomic E-state index is 0.0608. The number of hydrogen-bond acceptors (Lipinski definition) is 4. The number of rotatable bonds is 9. The first-order valence-electron chi connectivity index (χ1n) is 10.4. The minimum Gasteiger partial charge on any atom is -0.352 e. The second-order valence-electron chi connectivity index (χ2n) is 7.22. The number of carbonyl (C=O) groups is 2. The van der Waals surface area contributed by atoms with Gasteiger partial charge in [-0.3, -0.25) is 14.3 Å². The highest BCUT2D eigenvalue weighted by atomic mass is 35.5.